The van der Waals surface area contributed by atoms with Crippen molar-refractivity contribution in [2.24, 2.45) is 0 Å². The molecule has 4 aromatic rings. The van der Waals surface area contributed by atoms with Crippen molar-refractivity contribution >= 4 is 35.1 Å². The summed E-state index contributed by atoms with van der Waals surface area (Å²) in [6.07, 6.45) is 0. The highest BCUT2D eigenvalue weighted by Crippen LogP contribution is 2.33. The van der Waals surface area contributed by atoms with Crippen LogP contribution in [0.3, 0.4) is 0 Å². The second-order valence-corrected chi connectivity index (χ2v) is 11.2. The molecule has 3 heterocycles. The molecule has 8 nitrogen and oxygen atoms in total. The Bertz CT molecular complexity index is 1450. The minimum Gasteiger partial charge on any atom is -0.454 e. The first-order valence-corrected chi connectivity index (χ1v) is 14.9. The predicted octanol–water partition coefficient (Wildman–Crippen LogP) is 5.18. The van der Waals surface area contributed by atoms with E-state index in [0.717, 1.165) is 43.3 Å². The maximum absolute atomic E-state index is 12.5. The molecular weight excluding hydrogens is 558 g/mol. The van der Waals surface area contributed by atoms with E-state index in [1.165, 1.54) is 22.9 Å². The van der Waals surface area contributed by atoms with Crippen molar-refractivity contribution in [2.75, 3.05) is 43.6 Å². The number of anilines is 1. The van der Waals surface area contributed by atoms with Crippen LogP contribution in [0.25, 0.3) is 0 Å². The zero-order valence-corrected chi connectivity index (χ0v) is 24.0. The summed E-state index contributed by atoms with van der Waals surface area (Å²) < 4.78 is 10.7. The highest BCUT2D eigenvalue weighted by Gasteiger charge is 2.27. The Hall–Kier alpha value is -3.79. The van der Waals surface area contributed by atoms with Gasteiger partial charge in [0.2, 0.25) is 12.7 Å². The van der Waals surface area contributed by atoms with E-state index in [-0.39, 0.29) is 24.5 Å². The van der Waals surface area contributed by atoms with Gasteiger partial charge in [-0.05, 0) is 28.8 Å². The molecule has 0 aliphatic carbocycles. The molecule has 1 aromatic heterocycles. The van der Waals surface area contributed by atoms with Crippen LogP contribution in [0.4, 0.5) is 5.82 Å². The summed E-state index contributed by atoms with van der Waals surface area (Å²) in [5, 5.41) is 3.79. The molecule has 1 amide bonds. The fourth-order valence-electron chi connectivity index (χ4n) is 5.14. The van der Waals surface area contributed by atoms with Crippen molar-refractivity contribution in [3.05, 3.63) is 107 Å². The minimum absolute atomic E-state index is 0.112. The monoisotopic (exact) mass is 587 g/mol. The van der Waals surface area contributed by atoms with Gasteiger partial charge in [-0.15, -0.1) is 0 Å². The van der Waals surface area contributed by atoms with Gasteiger partial charge in [0.05, 0.1) is 11.8 Å². The Kier molecular flexibility index (Phi) is 8.55. The second kappa shape index (κ2) is 12.8. The van der Waals surface area contributed by atoms with Crippen LogP contribution >= 0.6 is 23.4 Å². The highest BCUT2D eigenvalue weighted by atomic mass is 35.5. The molecule has 0 spiro atoms. The van der Waals surface area contributed by atoms with E-state index < -0.39 is 0 Å². The largest absolute Gasteiger partial charge is 0.454 e. The van der Waals surface area contributed by atoms with E-state index in [1.54, 1.807) is 6.07 Å². The van der Waals surface area contributed by atoms with Crippen LogP contribution in [0.5, 0.6) is 11.5 Å². The van der Waals surface area contributed by atoms with Crippen LogP contribution in [0.2, 0.25) is 5.15 Å². The number of fused-ring (bicyclic) bond motifs is 1. The van der Waals surface area contributed by atoms with Gasteiger partial charge in [-0.2, -0.15) is 0 Å². The van der Waals surface area contributed by atoms with Gasteiger partial charge >= 0.3 is 0 Å². The molecule has 1 saturated heterocycles. The number of nitrogens with zero attached hydrogens (tertiary/aromatic N) is 4. The molecule has 3 aromatic carbocycles. The van der Waals surface area contributed by atoms with Gasteiger partial charge in [0.25, 0.3) is 0 Å². The molecule has 41 heavy (non-hydrogen) atoms. The number of carbonyl (C=O) groups is 1. The van der Waals surface area contributed by atoms with E-state index in [1.807, 2.05) is 18.2 Å². The van der Waals surface area contributed by atoms with Crippen molar-refractivity contribution in [3.8, 4) is 11.5 Å². The number of piperazine rings is 1. The fourth-order valence-corrected chi connectivity index (χ4v) is 6.05. The summed E-state index contributed by atoms with van der Waals surface area (Å²) in [4.78, 5) is 26.4. The zero-order valence-electron chi connectivity index (χ0n) is 22.4. The first kappa shape index (κ1) is 27.4. The lowest BCUT2D eigenvalue weighted by Crippen LogP contribution is -2.48. The van der Waals surface area contributed by atoms with Crippen LogP contribution in [-0.4, -0.2) is 59.5 Å². The molecule has 2 aliphatic rings. The number of benzene rings is 3. The third-order valence-electron chi connectivity index (χ3n) is 7.15. The van der Waals surface area contributed by atoms with Crippen LogP contribution < -0.4 is 19.7 Å². The molecule has 0 saturated carbocycles. The number of aromatic nitrogens is 2. The number of amides is 1. The number of carbonyl (C=O) groups excluding carboxylic acids is 1. The molecule has 10 heteroatoms. The first-order chi connectivity index (χ1) is 20.1. The molecule has 210 valence electrons. The molecule has 0 radical (unpaired) electrons. The average molecular weight is 588 g/mol. The fraction of sp³-hybridized carbons (Fsp3) is 0.258. The van der Waals surface area contributed by atoms with E-state index >= 15 is 0 Å². The van der Waals surface area contributed by atoms with Crippen molar-refractivity contribution < 1.29 is 14.3 Å². The quantitative estimate of drug-likeness (QED) is 0.163. The predicted molar refractivity (Wildman–Crippen MR) is 161 cm³/mol. The SMILES string of the molecule is O=C(CSc1nc(Cl)cc(N2CCN(C(c3ccccc3)c3ccccc3)CC2)n1)NCc1ccc2c(c1)OCO2. The number of rotatable bonds is 9. The van der Waals surface area contributed by atoms with Gasteiger partial charge in [-0.25, -0.2) is 9.97 Å². The van der Waals surface area contributed by atoms with Gasteiger partial charge < -0.3 is 19.7 Å². The van der Waals surface area contributed by atoms with Crippen LogP contribution in [-0.2, 0) is 11.3 Å². The third-order valence-corrected chi connectivity index (χ3v) is 8.19. The smallest absolute Gasteiger partial charge is 0.231 e. The van der Waals surface area contributed by atoms with Gasteiger partial charge in [-0.1, -0.05) is 90.1 Å². The maximum Gasteiger partial charge on any atom is 0.231 e. The van der Waals surface area contributed by atoms with E-state index in [0.29, 0.717) is 22.6 Å². The molecule has 6 rings (SSSR count). The van der Waals surface area contributed by atoms with Gasteiger partial charge in [-0.3, -0.25) is 9.69 Å². The summed E-state index contributed by atoms with van der Waals surface area (Å²) in [5.41, 5.74) is 3.51. The molecular formula is C31H30ClN5O3S. The highest BCUT2D eigenvalue weighted by molar-refractivity contribution is 7.99. The topological polar surface area (TPSA) is 79.8 Å². The van der Waals surface area contributed by atoms with Gasteiger partial charge in [0, 0.05) is 38.8 Å². The molecule has 1 N–H and O–H groups in total. The molecule has 1 fully saturated rings. The first-order valence-electron chi connectivity index (χ1n) is 13.5. The number of ether oxygens (including phenoxy) is 2. The number of nitrogens with one attached hydrogen (secondary N) is 1. The summed E-state index contributed by atoms with van der Waals surface area (Å²) in [5.74, 6) is 2.28. The zero-order chi connectivity index (χ0) is 28.0. The third kappa shape index (κ3) is 6.75. The van der Waals surface area contributed by atoms with Crippen molar-refractivity contribution in [1.82, 2.24) is 20.2 Å². The normalized spacial score (nSPS) is 14.8. The van der Waals surface area contributed by atoms with Crippen molar-refractivity contribution in [3.63, 3.8) is 0 Å². The summed E-state index contributed by atoms with van der Waals surface area (Å²) >= 11 is 7.66. The van der Waals surface area contributed by atoms with E-state index in [4.69, 9.17) is 26.1 Å². The number of hydrogen-bond acceptors (Lipinski definition) is 8. The van der Waals surface area contributed by atoms with Crippen LogP contribution in [0.15, 0.2) is 90.1 Å². The van der Waals surface area contributed by atoms with Gasteiger partial charge in [0.15, 0.2) is 16.7 Å². The standard InChI is InChI=1S/C31H30ClN5O3S/c32-27-18-28(35-31(34-27)41-20-29(38)33-19-22-11-12-25-26(17-22)40-21-39-25)36-13-15-37(16-14-36)30(23-7-3-1-4-8-23)24-9-5-2-6-10-24/h1-12,17-18,30H,13-16,19-21H2,(H,33,38). The molecule has 0 bridgehead atoms. The lowest BCUT2D eigenvalue weighted by molar-refractivity contribution is -0.118. The lowest BCUT2D eigenvalue weighted by atomic mass is 9.96. The Labute approximate surface area is 248 Å². The summed E-state index contributed by atoms with van der Waals surface area (Å²) in [7, 11) is 0. The summed E-state index contributed by atoms with van der Waals surface area (Å²) in [6, 6.07) is 28.9. The number of thioether (sulfide) groups is 1. The Morgan fingerprint density at radius 1 is 0.878 bits per heavy atom. The number of halogens is 1. The van der Waals surface area contributed by atoms with Crippen molar-refractivity contribution in [1.29, 1.82) is 0 Å². The number of hydrogen-bond donors (Lipinski definition) is 1. The van der Waals surface area contributed by atoms with E-state index in [2.05, 4.69) is 80.8 Å². The minimum atomic E-state index is -0.112. The van der Waals surface area contributed by atoms with E-state index in [9.17, 15) is 4.79 Å². The summed E-state index contributed by atoms with van der Waals surface area (Å²) in [6.45, 7) is 3.99. The Balaban J connectivity index is 1.05. The second-order valence-electron chi connectivity index (χ2n) is 9.83. The van der Waals surface area contributed by atoms with Gasteiger partial charge in [0.1, 0.15) is 11.0 Å². The van der Waals surface area contributed by atoms with Crippen LogP contribution in [0, 0.1) is 0 Å². The Morgan fingerprint density at radius 2 is 1.56 bits per heavy atom. The van der Waals surface area contributed by atoms with Crippen LogP contribution in [0.1, 0.15) is 22.7 Å². The molecule has 0 atom stereocenters. The average Bonchev–Trinajstić information content (AvgIpc) is 3.48. The Morgan fingerprint density at radius 3 is 2.27 bits per heavy atom. The molecule has 2 aliphatic heterocycles. The lowest BCUT2D eigenvalue weighted by Gasteiger charge is -2.40. The van der Waals surface area contributed by atoms with Crippen molar-refractivity contribution in [2.45, 2.75) is 17.7 Å². The maximum atomic E-state index is 12.5. The molecule has 0 unspecified atom stereocenters.